The molecular formula is C18H14N4O5S2. The van der Waals surface area contributed by atoms with Crippen LogP contribution in [0.3, 0.4) is 0 Å². The van der Waals surface area contributed by atoms with E-state index in [-0.39, 0.29) is 24.0 Å². The van der Waals surface area contributed by atoms with E-state index in [1.54, 1.807) is 6.92 Å². The van der Waals surface area contributed by atoms with E-state index in [2.05, 4.69) is 15.5 Å². The van der Waals surface area contributed by atoms with Gasteiger partial charge in [-0.2, -0.15) is 5.10 Å². The number of benzene rings is 2. The van der Waals surface area contributed by atoms with Gasteiger partial charge in [-0.15, -0.1) is 11.3 Å². The average Bonchev–Trinajstić information content (AvgIpc) is 3.32. The number of hydrazone groups is 1. The predicted molar refractivity (Wildman–Crippen MR) is 110 cm³/mol. The summed E-state index contributed by atoms with van der Waals surface area (Å²) < 4.78 is 12.2. The number of carbonyl (C=O) groups is 1. The highest BCUT2D eigenvalue weighted by molar-refractivity contribution is 8.02. The molecule has 1 amide bonds. The molecule has 0 unspecified atom stereocenters. The molecule has 3 aromatic rings. The van der Waals surface area contributed by atoms with Gasteiger partial charge in [-0.3, -0.25) is 14.9 Å². The highest BCUT2D eigenvalue weighted by Gasteiger charge is 2.23. The van der Waals surface area contributed by atoms with E-state index < -0.39 is 10.2 Å². The Morgan fingerprint density at radius 3 is 2.90 bits per heavy atom. The molecule has 1 N–H and O–H groups in total. The van der Waals surface area contributed by atoms with Crippen LogP contribution in [0.2, 0.25) is 0 Å². The number of amides is 1. The summed E-state index contributed by atoms with van der Waals surface area (Å²) in [5.74, 6) is 0.357. The molecule has 0 saturated heterocycles. The number of nitro groups is 1. The fraction of sp³-hybridized carbons (Fsp3) is 0.167. The number of ether oxygens (including phenoxy) is 2. The van der Waals surface area contributed by atoms with Gasteiger partial charge in [0.15, 0.2) is 15.8 Å². The second-order valence-corrected chi connectivity index (χ2v) is 8.58. The number of nitrogens with one attached hydrogen (secondary N) is 1. The summed E-state index contributed by atoms with van der Waals surface area (Å²) in [6.45, 7) is 1.74. The lowest BCUT2D eigenvalue weighted by atomic mass is 10.1. The summed E-state index contributed by atoms with van der Waals surface area (Å²) in [4.78, 5) is 27.5. The summed E-state index contributed by atoms with van der Waals surface area (Å²) in [5, 5.41) is 14.7. The Morgan fingerprint density at radius 1 is 1.38 bits per heavy atom. The predicted octanol–water partition coefficient (Wildman–Crippen LogP) is 3.56. The largest absolute Gasteiger partial charge is 0.454 e. The molecule has 1 atom stereocenters. The number of aromatic nitrogens is 1. The van der Waals surface area contributed by atoms with Crippen LogP contribution in [-0.2, 0) is 4.79 Å². The second kappa shape index (κ2) is 8.05. The van der Waals surface area contributed by atoms with Gasteiger partial charge in [0.25, 0.3) is 11.6 Å². The molecule has 148 valence electrons. The Hall–Kier alpha value is -3.18. The minimum atomic E-state index is -0.545. The molecule has 2 heterocycles. The molecule has 11 heteroatoms. The fourth-order valence-corrected chi connectivity index (χ4v) is 4.78. The van der Waals surface area contributed by atoms with Gasteiger partial charge in [0, 0.05) is 0 Å². The smallest absolute Gasteiger partial charge is 0.282 e. The summed E-state index contributed by atoms with van der Waals surface area (Å²) in [5.41, 5.74) is 3.31. The molecule has 4 rings (SSSR count). The van der Waals surface area contributed by atoms with Crippen LogP contribution in [0.5, 0.6) is 11.5 Å². The molecule has 2 aromatic carbocycles. The lowest BCUT2D eigenvalue weighted by Crippen LogP contribution is -2.26. The van der Waals surface area contributed by atoms with Gasteiger partial charge in [-0.1, -0.05) is 23.9 Å². The molecule has 0 saturated carbocycles. The zero-order valence-electron chi connectivity index (χ0n) is 15.0. The molecule has 0 fully saturated rings. The molecular weight excluding hydrogens is 416 g/mol. The van der Waals surface area contributed by atoms with E-state index in [0.717, 1.165) is 14.6 Å². The third-order valence-electron chi connectivity index (χ3n) is 4.02. The van der Waals surface area contributed by atoms with Crippen molar-refractivity contribution >= 4 is 51.1 Å². The van der Waals surface area contributed by atoms with E-state index in [9.17, 15) is 14.9 Å². The first-order chi connectivity index (χ1) is 14.0. The van der Waals surface area contributed by atoms with E-state index >= 15 is 0 Å². The van der Waals surface area contributed by atoms with Gasteiger partial charge in [0.1, 0.15) is 0 Å². The quantitative estimate of drug-likeness (QED) is 0.275. The SMILES string of the molecule is C[C@@H](Sc1nc2ccccc2s1)C(=O)N/N=C\c1cc2c(cc1[N+](=O)[O-])OCO2. The maximum atomic E-state index is 12.3. The van der Waals surface area contributed by atoms with Gasteiger partial charge < -0.3 is 9.47 Å². The molecule has 1 aliphatic heterocycles. The van der Waals surface area contributed by atoms with Crippen molar-refractivity contribution < 1.29 is 19.2 Å². The number of nitro benzene ring substituents is 1. The number of rotatable bonds is 6. The van der Waals surface area contributed by atoms with Crippen LogP contribution >= 0.6 is 23.1 Å². The van der Waals surface area contributed by atoms with Crippen molar-refractivity contribution in [2.75, 3.05) is 6.79 Å². The Kier molecular flexibility index (Phi) is 5.32. The molecule has 0 bridgehead atoms. The zero-order valence-corrected chi connectivity index (χ0v) is 16.7. The Labute approximate surface area is 172 Å². The van der Waals surface area contributed by atoms with Crippen molar-refractivity contribution in [1.82, 2.24) is 10.4 Å². The Morgan fingerprint density at radius 2 is 2.14 bits per heavy atom. The summed E-state index contributed by atoms with van der Waals surface area (Å²) in [6, 6.07) is 10.5. The van der Waals surface area contributed by atoms with E-state index in [0.29, 0.717) is 11.5 Å². The number of fused-ring (bicyclic) bond motifs is 2. The van der Waals surface area contributed by atoms with Gasteiger partial charge in [0.2, 0.25) is 6.79 Å². The third-order valence-corrected chi connectivity index (χ3v) is 6.25. The van der Waals surface area contributed by atoms with E-state index in [1.807, 2.05) is 24.3 Å². The van der Waals surface area contributed by atoms with Gasteiger partial charge in [-0.25, -0.2) is 10.4 Å². The van der Waals surface area contributed by atoms with E-state index in [4.69, 9.17) is 9.47 Å². The highest BCUT2D eigenvalue weighted by Crippen LogP contribution is 2.37. The van der Waals surface area contributed by atoms with Crippen LogP contribution < -0.4 is 14.9 Å². The molecule has 0 aliphatic carbocycles. The first-order valence-electron chi connectivity index (χ1n) is 8.44. The third kappa shape index (κ3) is 4.15. The van der Waals surface area contributed by atoms with Crippen molar-refractivity contribution in [2.45, 2.75) is 16.5 Å². The number of nitrogens with zero attached hydrogens (tertiary/aromatic N) is 3. The van der Waals surface area contributed by atoms with Crippen molar-refractivity contribution in [2.24, 2.45) is 5.10 Å². The monoisotopic (exact) mass is 430 g/mol. The normalized spacial score (nSPS) is 13.7. The minimum Gasteiger partial charge on any atom is -0.454 e. The number of thioether (sulfide) groups is 1. The minimum absolute atomic E-state index is 0.00429. The van der Waals surface area contributed by atoms with Crippen LogP contribution in [0.15, 0.2) is 45.8 Å². The molecule has 29 heavy (non-hydrogen) atoms. The van der Waals surface area contributed by atoms with Gasteiger partial charge in [0.05, 0.1) is 38.2 Å². The Bertz CT molecular complexity index is 1100. The van der Waals surface area contributed by atoms with E-state index in [1.165, 1.54) is 41.4 Å². The summed E-state index contributed by atoms with van der Waals surface area (Å²) in [7, 11) is 0. The second-order valence-electron chi connectivity index (χ2n) is 5.96. The van der Waals surface area contributed by atoms with Crippen LogP contribution in [0.25, 0.3) is 10.2 Å². The first kappa shape index (κ1) is 19.2. The first-order valence-corrected chi connectivity index (χ1v) is 10.1. The van der Waals surface area contributed by atoms with Crippen LogP contribution in [-0.4, -0.2) is 34.1 Å². The van der Waals surface area contributed by atoms with Gasteiger partial charge >= 0.3 is 0 Å². The lowest BCUT2D eigenvalue weighted by molar-refractivity contribution is -0.385. The van der Waals surface area contributed by atoms with Crippen molar-refractivity contribution in [3.8, 4) is 11.5 Å². The number of thiazole rings is 1. The topological polar surface area (TPSA) is 116 Å². The summed E-state index contributed by atoms with van der Waals surface area (Å²) in [6.07, 6.45) is 1.22. The highest BCUT2D eigenvalue weighted by atomic mass is 32.2. The molecule has 1 aromatic heterocycles. The zero-order chi connectivity index (χ0) is 20.4. The maximum Gasteiger partial charge on any atom is 0.282 e. The maximum absolute atomic E-state index is 12.3. The fourth-order valence-electron chi connectivity index (χ4n) is 2.57. The van der Waals surface area contributed by atoms with Crippen molar-refractivity contribution in [1.29, 1.82) is 0 Å². The van der Waals surface area contributed by atoms with Crippen LogP contribution in [0.1, 0.15) is 12.5 Å². The molecule has 9 nitrogen and oxygen atoms in total. The van der Waals surface area contributed by atoms with Crippen LogP contribution in [0.4, 0.5) is 5.69 Å². The standard InChI is InChI=1S/C18H14N4O5S2/c1-10(28-18-20-12-4-2-3-5-16(12)29-18)17(23)21-19-8-11-6-14-15(27-9-26-14)7-13(11)22(24)25/h2-8,10H,9H2,1H3,(H,21,23)/b19-8-/t10-/m1/s1. The molecule has 1 aliphatic rings. The number of carbonyl (C=O) groups excluding carboxylic acids is 1. The Balaban J connectivity index is 1.42. The lowest BCUT2D eigenvalue weighted by Gasteiger charge is -2.06. The van der Waals surface area contributed by atoms with Crippen molar-refractivity contribution in [3.63, 3.8) is 0 Å². The van der Waals surface area contributed by atoms with Gasteiger partial charge in [-0.05, 0) is 25.1 Å². The molecule has 0 radical (unpaired) electrons. The summed E-state index contributed by atoms with van der Waals surface area (Å²) >= 11 is 2.84. The number of hydrogen-bond acceptors (Lipinski definition) is 9. The van der Waals surface area contributed by atoms with Crippen LogP contribution in [0, 0.1) is 10.1 Å². The average molecular weight is 430 g/mol. The number of para-hydroxylation sites is 1. The number of hydrogen-bond donors (Lipinski definition) is 1. The van der Waals surface area contributed by atoms with Crippen molar-refractivity contribution in [3.05, 3.63) is 52.1 Å². The molecule has 0 spiro atoms.